The van der Waals surface area contributed by atoms with E-state index in [4.69, 9.17) is 16.0 Å². The summed E-state index contributed by atoms with van der Waals surface area (Å²) in [5.74, 6) is 1.25. The van der Waals surface area contributed by atoms with Gasteiger partial charge in [0.1, 0.15) is 10.8 Å². The lowest BCUT2D eigenvalue weighted by atomic mass is 10.3. The average molecular weight is 224 g/mol. The molecular weight excluding hydrogens is 214 g/mol. The molecule has 0 fully saturated rings. The van der Waals surface area contributed by atoms with Crippen LogP contribution < -0.4 is 4.90 Å². The van der Waals surface area contributed by atoms with Gasteiger partial charge in [-0.2, -0.15) is 0 Å². The van der Waals surface area contributed by atoms with Crippen molar-refractivity contribution < 1.29 is 4.42 Å². The van der Waals surface area contributed by atoms with Crippen molar-refractivity contribution in [2.24, 2.45) is 0 Å². The highest BCUT2D eigenvalue weighted by atomic mass is 35.5. The normalized spacial score (nSPS) is 10.3. The van der Waals surface area contributed by atoms with Crippen molar-refractivity contribution in [1.82, 2.24) is 9.97 Å². The Morgan fingerprint density at radius 3 is 2.73 bits per heavy atom. The Kier molecular flexibility index (Phi) is 2.60. The second-order valence-electron chi connectivity index (χ2n) is 3.25. The Balaban J connectivity index is 2.49. The van der Waals surface area contributed by atoms with E-state index in [9.17, 15) is 0 Å². The zero-order chi connectivity index (χ0) is 10.8. The van der Waals surface area contributed by atoms with Crippen LogP contribution in [0.1, 0.15) is 0 Å². The molecule has 0 radical (unpaired) electrons. The maximum Gasteiger partial charge on any atom is 0.226 e. The number of rotatable bonds is 2. The lowest BCUT2D eigenvalue weighted by molar-refractivity contribution is 0.580. The molecule has 4 nitrogen and oxygen atoms in total. The minimum Gasteiger partial charge on any atom is -0.463 e. The fraction of sp³-hybridized carbons (Fsp3) is 0.200. The monoisotopic (exact) mass is 223 g/mol. The van der Waals surface area contributed by atoms with Gasteiger partial charge in [0, 0.05) is 20.2 Å². The van der Waals surface area contributed by atoms with Gasteiger partial charge in [0.2, 0.25) is 5.95 Å². The molecule has 15 heavy (non-hydrogen) atoms. The van der Waals surface area contributed by atoms with Gasteiger partial charge in [-0.3, -0.25) is 0 Å². The van der Waals surface area contributed by atoms with Gasteiger partial charge in [-0.25, -0.2) is 9.97 Å². The van der Waals surface area contributed by atoms with Crippen LogP contribution in [0.2, 0.25) is 5.15 Å². The van der Waals surface area contributed by atoms with E-state index in [1.165, 1.54) is 0 Å². The minimum absolute atomic E-state index is 0.403. The predicted molar refractivity (Wildman–Crippen MR) is 59.1 cm³/mol. The Labute approximate surface area is 92.5 Å². The van der Waals surface area contributed by atoms with Gasteiger partial charge in [-0.05, 0) is 12.1 Å². The summed E-state index contributed by atoms with van der Waals surface area (Å²) in [5.41, 5.74) is 0.684. The number of aromatic nitrogens is 2. The van der Waals surface area contributed by atoms with Crippen molar-refractivity contribution in [2.45, 2.75) is 0 Å². The maximum atomic E-state index is 5.89. The van der Waals surface area contributed by atoms with Gasteiger partial charge in [-0.15, -0.1) is 0 Å². The predicted octanol–water partition coefficient (Wildman–Crippen LogP) is 2.46. The van der Waals surface area contributed by atoms with E-state index in [0.717, 1.165) is 0 Å². The largest absolute Gasteiger partial charge is 0.463 e. The molecule has 78 valence electrons. The molecule has 2 aromatic heterocycles. The Bertz CT molecular complexity index is 454. The summed E-state index contributed by atoms with van der Waals surface area (Å²) in [5, 5.41) is 0.403. The number of hydrogen-bond donors (Lipinski definition) is 0. The molecule has 0 atom stereocenters. The van der Waals surface area contributed by atoms with Gasteiger partial charge in [0.15, 0.2) is 5.76 Å². The second kappa shape index (κ2) is 3.90. The topological polar surface area (TPSA) is 42.2 Å². The van der Waals surface area contributed by atoms with Crippen molar-refractivity contribution in [1.29, 1.82) is 0 Å². The van der Waals surface area contributed by atoms with Gasteiger partial charge >= 0.3 is 0 Å². The van der Waals surface area contributed by atoms with Crippen LogP contribution >= 0.6 is 11.6 Å². The van der Waals surface area contributed by atoms with Crippen LogP contribution in [0.5, 0.6) is 0 Å². The summed E-state index contributed by atoms with van der Waals surface area (Å²) in [6.45, 7) is 0. The summed E-state index contributed by atoms with van der Waals surface area (Å²) < 4.78 is 5.24. The average Bonchev–Trinajstić information content (AvgIpc) is 2.69. The lowest BCUT2D eigenvalue weighted by Crippen LogP contribution is -2.12. The number of halogens is 1. The van der Waals surface area contributed by atoms with Crippen molar-refractivity contribution in [2.75, 3.05) is 19.0 Å². The minimum atomic E-state index is 0.403. The number of hydrogen-bond acceptors (Lipinski definition) is 4. The molecule has 0 aromatic carbocycles. The number of anilines is 1. The summed E-state index contributed by atoms with van der Waals surface area (Å²) in [7, 11) is 3.72. The number of furan rings is 1. The fourth-order valence-electron chi connectivity index (χ4n) is 1.16. The van der Waals surface area contributed by atoms with Crippen LogP contribution in [0.4, 0.5) is 5.95 Å². The molecule has 0 bridgehead atoms. The van der Waals surface area contributed by atoms with Crippen molar-refractivity contribution in [3.05, 3.63) is 29.6 Å². The zero-order valence-corrected chi connectivity index (χ0v) is 9.19. The summed E-state index contributed by atoms with van der Waals surface area (Å²) in [6, 6.07) is 5.31. The smallest absolute Gasteiger partial charge is 0.226 e. The molecule has 0 amide bonds. The molecule has 0 unspecified atom stereocenters. The summed E-state index contributed by atoms with van der Waals surface area (Å²) >= 11 is 5.89. The van der Waals surface area contributed by atoms with Gasteiger partial charge in [-0.1, -0.05) is 11.6 Å². The van der Waals surface area contributed by atoms with Crippen molar-refractivity contribution in [3.63, 3.8) is 0 Å². The van der Waals surface area contributed by atoms with E-state index in [1.54, 1.807) is 23.3 Å². The number of nitrogens with zero attached hydrogens (tertiary/aromatic N) is 3. The van der Waals surface area contributed by atoms with E-state index < -0.39 is 0 Å². The zero-order valence-electron chi connectivity index (χ0n) is 8.44. The van der Waals surface area contributed by atoms with Crippen LogP contribution in [0, 0.1) is 0 Å². The molecular formula is C10H10ClN3O. The molecule has 0 N–H and O–H groups in total. The van der Waals surface area contributed by atoms with E-state index in [0.29, 0.717) is 22.6 Å². The van der Waals surface area contributed by atoms with Gasteiger partial charge in [0.05, 0.1) is 6.26 Å². The molecule has 0 aliphatic heterocycles. The molecule has 0 aliphatic rings. The second-order valence-corrected chi connectivity index (χ2v) is 3.63. The highest BCUT2D eigenvalue weighted by Crippen LogP contribution is 2.22. The highest BCUT2D eigenvalue weighted by molar-refractivity contribution is 6.29. The first-order valence-electron chi connectivity index (χ1n) is 4.42. The van der Waals surface area contributed by atoms with E-state index in [-0.39, 0.29) is 0 Å². The van der Waals surface area contributed by atoms with Gasteiger partial charge < -0.3 is 9.32 Å². The quantitative estimate of drug-likeness (QED) is 0.734. The van der Waals surface area contributed by atoms with Crippen LogP contribution in [0.25, 0.3) is 11.5 Å². The van der Waals surface area contributed by atoms with Crippen molar-refractivity contribution in [3.8, 4) is 11.5 Å². The molecule has 2 rings (SSSR count). The van der Waals surface area contributed by atoms with E-state index >= 15 is 0 Å². The van der Waals surface area contributed by atoms with Gasteiger partial charge in [0.25, 0.3) is 0 Å². The lowest BCUT2D eigenvalue weighted by Gasteiger charge is -2.10. The Morgan fingerprint density at radius 1 is 1.33 bits per heavy atom. The first-order chi connectivity index (χ1) is 7.16. The van der Waals surface area contributed by atoms with Crippen LogP contribution in [0.15, 0.2) is 28.9 Å². The standard InChI is InChI=1S/C10H10ClN3O/c1-14(2)10-12-7(6-9(11)13-10)8-4-3-5-15-8/h3-6H,1-2H3. The summed E-state index contributed by atoms with van der Waals surface area (Å²) in [4.78, 5) is 10.2. The first-order valence-corrected chi connectivity index (χ1v) is 4.80. The molecule has 2 aromatic rings. The summed E-state index contributed by atoms with van der Waals surface area (Å²) in [6.07, 6.45) is 1.60. The Morgan fingerprint density at radius 2 is 2.13 bits per heavy atom. The van der Waals surface area contributed by atoms with Crippen molar-refractivity contribution >= 4 is 17.5 Å². The molecule has 0 spiro atoms. The van der Waals surface area contributed by atoms with Crippen LogP contribution in [-0.4, -0.2) is 24.1 Å². The van der Waals surface area contributed by atoms with Crippen LogP contribution in [0.3, 0.4) is 0 Å². The third-order valence-electron chi connectivity index (χ3n) is 1.86. The molecule has 0 saturated carbocycles. The third-order valence-corrected chi connectivity index (χ3v) is 2.05. The SMILES string of the molecule is CN(C)c1nc(Cl)cc(-c2ccco2)n1. The Hall–Kier alpha value is -1.55. The van der Waals surface area contributed by atoms with Crippen LogP contribution in [-0.2, 0) is 0 Å². The molecule has 0 saturated heterocycles. The fourth-order valence-corrected chi connectivity index (χ4v) is 1.34. The van der Waals surface area contributed by atoms with E-state index in [1.807, 2.05) is 20.2 Å². The molecule has 0 aliphatic carbocycles. The first kappa shape index (κ1) is 9.98. The maximum absolute atomic E-state index is 5.89. The highest BCUT2D eigenvalue weighted by Gasteiger charge is 2.08. The van der Waals surface area contributed by atoms with E-state index in [2.05, 4.69) is 9.97 Å². The third kappa shape index (κ3) is 2.10. The molecule has 2 heterocycles. The molecule has 5 heteroatoms.